The quantitative estimate of drug-likeness (QED) is 0.803. The van der Waals surface area contributed by atoms with E-state index in [4.69, 9.17) is 0 Å². The van der Waals surface area contributed by atoms with Gasteiger partial charge in [-0.2, -0.15) is 0 Å². The van der Waals surface area contributed by atoms with Crippen LogP contribution in [-0.2, 0) is 0 Å². The molecule has 0 unspecified atom stereocenters. The zero-order valence-electron chi connectivity index (χ0n) is 9.29. The molecule has 78 valence electrons. The molecule has 3 heteroatoms. The molecule has 1 atom stereocenters. The molecule has 0 amide bonds. The lowest BCUT2D eigenvalue weighted by Crippen LogP contribution is -2.18. The van der Waals surface area contributed by atoms with Gasteiger partial charge in [0.15, 0.2) is 0 Å². The minimum Gasteiger partial charge on any atom is -0.323 e. The summed E-state index contributed by atoms with van der Waals surface area (Å²) in [6.07, 6.45) is 2.80. The summed E-state index contributed by atoms with van der Waals surface area (Å²) in [5.41, 5.74) is 1.51. The van der Waals surface area contributed by atoms with Gasteiger partial charge in [-0.05, 0) is 12.3 Å². The van der Waals surface area contributed by atoms with Crippen molar-refractivity contribution in [1.82, 2.24) is 9.97 Å². The Hall–Kier alpha value is -1.12. The highest BCUT2D eigenvalue weighted by Gasteiger charge is 2.09. The van der Waals surface area contributed by atoms with E-state index in [1.807, 2.05) is 13.8 Å². The third-order valence-corrected chi connectivity index (χ3v) is 2.52. The molecule has 0 aliphatic carbocycles. The van der Waals surface area contributed by atoms with Crippen LogP contribution in [0.25, 0.3) is 0 Å². The van der Waals surface area contributed by atoms with E-state index in [1.54, 1.807) is 6.20 Å². The lowest BCUT2D eigenvalue weighted by atomic mass is 10.1. The van der Waals surface area contributed by atoms with Crippen molar-refractivity contribution in [3.05, 3.63) is 27.9 Å². The van der Waals surface area contributed by atoms with Crippen molar-refractivity contribution >= 4 is 0 Å². The molecule has 0 saturated heterocycles. The lowest BCUT2D eigenvalue weighted by Gasteiger charge is -2.09. The number of hydrogen-bond acceptors (Lipinski definition) is 2. The third kappa shape index (κ3) is 2.22. The zero-order valence-corrected chi connectivity index (χ0v) is 9.29. The van der Waals surface area contributed by atoms with Crippen molar-refractivity contribution in [2.24, 2.45) is 0 Å². The van der Waals surface area contributed by atoms with Gasteiger partial charge in [0.05, 0.1) is 0 Å². The Morgan fingerprint density at radius 1 is 1.43 bits per heavy atom. The molecule has 1 rings (SSSR count). The summed E-state index contributed by atoms with van der Waals surface area (Å²) in [5.74, 6) is 0.557. The smallest absolute Gasteiger partial charge is 0.270 e. The average Bonchev–Trinajstić information content (AvgIpc) is 2.15. The Labute approximate surface area is 84.6 Å². The molecule has 0 aliphatic heterocycles. The van der Waals surface area contributed by atoms with Gasteiger partial charge in [-0.3, -0.25) is 9.78 Å². The van der Waals surface area contributed by atoms with E-state index in [9.17, 15) is 4.79 Å². The molecule has 0 radical (unpaired) electrons. The summed E-state index contributed by atoms with van der Waals surface area (Å²) in [6.45, 7) is 8.13. The standard InChI is InChI=1S/C11H18N2O/c1-5-8(4)9-6-12-10(7(2)3)11(14)13-9/h6-8H,5H2,1-4H3,(H,13,14)/t8-/m0/s1. The minimum atomic E-state index is -0.0437. The Morgan fingerprint density at radius 3 is 2.50 bits per heavy atom. The number of aromatic amines is 1. The van der Waals surface area contributed by atoms with Gasteiger partial charge in [-0.1, -0.05) is 27.7 Å². The predicted octanol–water partition coefficient (Wildman–Crippen LogP) is 2.41. The van der Waals surface area contributed by atoms with Crippen molar-refractivity contribution < 1.29 is 0 Å². The summed E-state index contributed by atoms with van der Waals surface area (Å²) in [4.78, 5) is 18.7. The highest BCUT2D eigenvalue weighted by molar-refractivity contribution is 5.09. The van der Waals surface area contributed by atoms with Crippen molar-refractivity contribution in [3.8, 4) is 0 Å². The maximum Gasteiger partial charge on any atom is 0.270 e. The fourth-order valence-corrected chi connectivity index (χ4v) is 1.31. The van der Waals surface area contributed by atoms with Crippen LogP contribution in [0.5, 0.6) is 0 Å². The molecule has 1 heterocycles. The highest BCUT2D eigenvalue weighted by Crippen LogP contribution is 2.14. The van der Waals surface area contributed by atoms with E-state index in [-0.39, 0.29) is 11.5 Å². The fourth-order valence-electron chi connectivity index (χ4n) is 1.31. The number of aromatic nitrogens is 2. The van der Waals surface area contributed by atoms with E-state index in [1.165, 1.54) is 0 Å². The van der Waals surface area contributed by atoms with Gasteiger partial charge in [0.2, 0.25) is 0 Å². The SMILES string of the molecule is CC[C@H](C)c1cnc(C(C)C)c(=O)[nH]1. The van der Waals surface area contributed by atoms with E-state index >= 15 is 0 Å². The second-order valence-electron chi connectivity index (χ2n) is 4.02. The average molecular weight is 194 g/mol. The van der Waals surface area contributed by atoms with Gasteiger partial charge >= 0.3 is 0 Å². The molecule has 0 spiro atoms. The van der Waals surface area contributed by atoms with E-state index < -0.39 is 0 Å². The predicted molar refractivity (Wildman–Crippen MR) is 57.7 cm³/mol. The van der Waals surface area contributed by atoms with Gasteiger partial charge in [-0.25, -0.2) is 0 Å². The van der Waals surface area contributed by atoms with Gasteiger partial charge in [0.25, 0.3) is 5.56 Å². The van der Waals surface area contributed by atoms with E-state index in [0.717, 1.165) is 12.1 Å². The summed E-state index contributed by atoms with van der Waals surface area (Å²) in [7, 11) is 0. The molecule has 0 aliphatic rings. The Kier molecular flexibility index (Phi) is 3.44. The van der Waals surface area contributed by atoms with E-state index in [0.29, 0.717) is 11.6 Å². The van der Waals surface area contributed by atoms with Crippen molar-refractivity contribution in [3.63, 3.8) is 0 Å². The lowest BCUT2D eigenvalue weighted by molar-refractivity contribution is 0.686. The maximum atomic E-state index is 11.6. The van der Waals surface area contributed by atoms with Crippen LogP contribution in [0.1, 0.15) is 57.3 Å². The summed E-state index contributed by atoms with van der Waals surface area (Å²) in [6, 6.07) is 0. The summed E-state index contributed by atoms with van der Waals surface area (Å²) < 4.78 is 0. The molecule has 1 aromatic rings. The molecule has 0 saturated carbocycles. The third-order valence-electron chi connectivity index (χ3n) is 2.52. The molecular weight excluding hydrogens is 176 g/mol. The molecule has 14 heavy (non-hydrogen) atoms. The van der Waals surface area contributed by atoms with Gasteiger partial charge in [-0.15, -0.1) is 0 Å². The number of H-pyrrole nitrogens is 1. The van der Waals surface area contributed by atoms with Crippen LogP contribution in [0.3, 0.4) is 0 Å². The molecule has 1 N–H and O–H groups in total. The Balaban J connectivity index is 3.07. The van der Waals surface area contributed by atoms with Gasteiger partial charge in [0, 0.05) is 17.8 Å². The first-order valence-electron chi connectivity index (χ1n) is 5.15. The topological polar surface area (TPSA) is 45.8 Å². The van der Waals surface area contributed by atoms with Crippen LogP contribution >= 0.6 is 0 Å². The van der Waals surface area contributed by atoms with Crippen LogP contribution in [0, 0.1) is 0 Å². The fraction of sp³-hybridized carbons (Fsp3) is 0.636. The van der Waals surface area contributed by atoms with Crippen molar-refractivity contribution in [1.29, 1.82) is 0 Å². The van der Waals surface area contributed by atoms with Crippen molar-refractivity contribution in [2.45, 2.75) is 46.0 Å². The first-order valence-corrected chi connectivity index (χ1v) is 5.15. The molecule has 1 aromatic heterocycles. The number of rotatable bonds is 3. The molecule has 0 bridgehead atoms. The molecule has 3 nitrogen and oxygen atoms in total. The highest BCUT2D eigenvalue weighted by atomic mass is 16.1. The Bertz CT molecular complexity index is 355. The van der Waals surface area contributed by atoms with Crippen LogP contribution in [0.15, 0.2) is 11.0 Å². The maximum absolute atomic E-state index is 11.6. The number of nitrogens with one attached hydrogen (secondary N) is 1. The first kappa shape index (κ1) is 11.0. The molecule has 0 fully saturated rings. The normalized spacial score (nSPS) is 13.2. The van der Waals surface area contributed by atoms with Crippen LogP contribution < -0.4 is 5.56 Å². The number of nitrogens with zero attached hydrogens (tertiary/aromatic N) is 1. The van der Waals surface area contributed by atoms with Crippen molar-refractivity contribution in [2.75, 3.05) is 0 Å². The summed E-state index contributed by atoms with van der Waals surface area (Å²) in [5, 5.41) is 0. The molecule has 0 aromatic carbocycles. The molecular formula is C11H18N2O. The van der Waals surface area contributed by atoms with Crippen LogP contribution in [0.4, 0.5) is 0 Å². The second-order valence-corrected chi connectivity index (χ2v) is 4.02. The second kappa shape index (κ2) is 4.40. The first-order chi connectivity index (χ1) is 6.56. The Morgan fingerprint density at radius 2 is 2.07 bits per heavy atom. The number of hydrogen-bond donors (Lipinski definition) is 1. The largest absolute Gasteiger partial charge is 0.323 e. The van der Waals surface area contributed by atoms with Crippen LogP contribution in [-0.4, -0.2) is 9.97 Å². The van der Waals surface area contributed by atoms with E-state index in [2.05, 4.69) is 23.8 Å². The van der Waals surface area contributed by atoms with Gasteiger partial charge < -0.3 is 4.98 Å². The van der Waals surface area contributed by atoms with Gasteiger partial charge in [0.1, 0.15) is 5.69 Å². The minimum absolute atomic E-state index is 0.0437. The summed E-state index contributed by atoms with van der Waals surface area (Å²) >= 11 is 0. The zero-order chi connectivity index (χ0) is 10.7. The monoisotopic (exact) mass is 194 g/mol. The van der Waals surface area contributed by atoms with Crippen LogP contribution in [0.2, 0.25) is 0 Å².